The van der Waals surface area contributed by atoms with E-state index >= 15 is 0 Å². The molecule has 4 nitrogen and oxygen atoms in total. The van der Waals surface area contributed by atoms with Gasteiger partial charge in [0.2, 0.25) is 0 Å². The predicted octanol–water partition coefficient (Wildman–Crippen LogP) is 1.78. The molecule has 1 aliphatic rings. The van der Waals surface area contributed by atoms with Gasteiger partial charge >= 0.3 is 0 Å². The van der Waals surface area contributed by atoms with Gasteiger partial charge in [0.15, 0.2) is 5.69 Å². The van der Waals surface area contributed by atoms with Gasteiger partial charge in [0.1, 0.15) is 0 Å². The zero-order chi connectivity index (χ0) is 10.8. The molecule has 1 aromatic rings. The van der Waals surface area contributed by atoms with Crippen molar-refractivity contribution in [2.24, 2.45) is 5.92 Å². The summed E-state index contributed by atoms with van der Waals surface area (Å²) in [5.41, 5.74) is 0.474. The molecule has 1 saturated heterocycles. The summed E-state index contributed by atoms with van der Waals surface area (Å²) >= 11 is 4.69. The number of hydrogen-bond acceptors (Lipinski definition) is 4. The molecule has 0 aliphatic carbocycles. The first-order valence-corrected chi connectivity index (χ1v) is 6.84. The van der Waals surface area contributed by atoms with Crippen molar-refractivity contribution in [1.82, 2.24) is 14.5 Å². The van der Waals surface area contributed by atoms with Crippen LogP contribution in [0.4, 0.5) is 0 Å². The highest BCUT2D eigenvalue weighted by Gasteiger charge is 2.34. The lowest BCUT2D eigenvalue weighted by atomic mass is 10.1. The average Bonchev–Trinajstić information content (AvgIpc) is 2.85. The number of hydrogen-bond donors (Lipinski definition) is 0. The summed E-state index contributed by atoms with van der Waals surface area (Å²) in [5.74, 6) is 0.570. The van der Waals surface area contributed by atoms with E-state index in [1.165, 1.54) is 11.5 Å². The fourth-order valence-corrected chi connectivity index (χ4v) is 3.20. The van der Waals surface area contributed by atoms with Crippen molar-refractivity contribution in [3.05, 3.63) is 11.1 Å². The Morgan fingerprint density at radius 2 is 2.60 bits per heavy atom. The molecule has 2 heterocycles. The molecule has 82 valence electrons. The summed E-state index contributed by atoms with van der Waals surface area (Å²) < 4.78 is 3.71. The van der Waals surface area contributed by atoms with E-state index in [-0.39, 0.29) is 5.91 Å². The minimum Gasteiger partial charge on any atom is -0.334 e. The summed E-state index contributed by atoms with van der Waals surface area (Å²) in [7, 11) is 0. The SMILES string of the molecule is CC1C(CBr)CCN1C(=O)c1csnn1. The Morgan fingerprint density at radius 3 is 3.13 bits per heavy atom. The Labute approximate surface area is 101 Å². The van der Waals surface area contributed by atoms with Gasteiger partial charge in [-0.1, -0.05) is 20.4 Å². The summed E-state index contributed by atoms with van der Waals surface area (Å²) in [5, 5.41) is 6.47. The van der Waals surface area contributed by atoms with Gasteiger partial charge in [-0.05, 0) is 30.8 Å². The first kappa shape index (κ1) is 11.0. The van der Waals surface area contributed by atoms with Crippen molar-refractivity contribution in [3.8, 4) is 0 Å². The third-order valence-electron chi connectivity index (χ3n) is 2.95. The minimum absolute atomic E-state index is 0.0136. The van der Waals surface area contributed by atoms with Gasteiger partial charge < -0.3 is 4.90 Å². The van der Waals surface area contributed by atoms with Crippen LogP contribution in [0.25, 0.3) is 0 Å². The molecule has 1 aliphatic heterocycles. The average molecular weight is 290 g/mol. The van der Waals surface area contributed by atoms with Gasteiger partial charge in [-0.25, -0.2) is 0 Å². The summed E-state index contributed by atoms with van der Waals surface area (Å²) in [6.45, 7) is 2.92. The second-order valence-corrected chi connectivity index (χ2v) is 4.99. The Bertz CT molecular complexity index is 343. The maximum Gasteiger partial charge on any atom is 0.275 e. The standard InChI is InChI=1S/C9H12BrN3OS/c1-6-7(4-10)2-3-13(6)9(14)8-5-15-12-11-8/h5-7H,2-4H2,1H3. The molecule has 2 rings (SSSR count). The minimum atomic E-state index is 0.0136. The molecule has 2 atom stereocenters. The van der Waals surface area contributed by atoms with Crippen molar-refractivity contribution in [2.45, 2.75) is 19.4 Å². The quantitative estimate of drug-likeness (QED) is 0.780. The van der Waals surface area contributed by atoms with Crippen LogP contribution in [0.1, 0.15) is 23.8 Å². The lowest BCUT2D eigenvalue weighted by Crippen LogP contribution is -2.36. The monoisotopic (exact) mass is 289 g/mol. The Kier molecular flexibility index (Phi) is 3.35. The number of rotatable bonds is 2. The van der Waals surface area contributed by atoms with Gasteiger partial charge in [-0.15, -0.1) is 5.10 Å². The lowest BCUT2D eigenvalue weighted by molar-refractivity contribution is 0.0730. The summed E-state index contributed by atoms with van der Waals surface area (Å²) in [6, 6.07) is 0.290. The maximum absolute atomic E-state index is 12.0. The van der Waals surface area contributed by atoms with Crippen molar-refractivity contribution in [3.63, 3.8) is 0 Å². The molecule has 0 bridgehead atoms. The molecule has 2 unspecified atom stereocenters. The van der Waals surface area contributed by atoms with Crippen molar-refractivity contribution in [1.29, 1.82) is 0 Å². The molecule has 1 fully saturated rings. The molecule has 1 aromatic heterocycles. The summed E-state index contributed by atoms with van der Waals surface area (Å²) in [6.07, 6.45) is 1.07. The molecule has 6 heteroatoms. The van der Waals surface area contributed by atoms with Crippen LogP contribution < -0.4 is 0 Å². The number of likely N-dealkylation sites (tertiary alicyclic amines) is 1. The summed E-state index contributed by atoms with van der Waals surface area (Å²) in [4.78, 5) is 13.9. The lowest BCUT2D eigenvalue weighted by Gasteiger charge is -2.22. The van der Waals surface area contributed by atoms with Gasteiger partial charge in [0.25, 0.3) is 5.91 Å². The number of carbonyl (C=O) groups is 1. The van der Waals surface area contributed by atoms with Crippen LogP contribution in [0.15, 0.2) is 5.38 Å². The second kappa shape index (κ2) is 4.57. The van der Waals surface area contributed by atoms with Crippen LogP contribution in [-0.4, -0.2) is 38.3 Å². The zero-order valence-electron chi connectivity index (χ0n) is 8.39. The van der Waals surface area contributed by atoms with Gasteiger partial charge in [0.05, 0.1) is 0 Å². The van der Waals surface area contributed by atoms with E-state index in [1.54, 1.807) is 5.38 Å². The van der Waals surface area contributed by atoms with Crippen molar-refractivity contribution in [2.75, 3.05) is 11.9 Å². The molecule has 1 amide bonds. The Hall–Kier alpha value is -0.490. The molecule has 0 N–H and O–H groups in total. The molecule has 0 aromatic carbocycles. The largest absolute Gasteiger partial charge is 0.334 e. The van der Waals surface area contributed by atoms with E-state index in [9.17, 15) is 4.79 Å². The van der Waals surface area contributed by atoms with E-state index < -0.39 is 0 Å². The number of alkyl halides is 1. The third kappa shape index (κ3) is 2.06. The second-order valence-electron chi connectivity index (χ2n) is 3.73. The van der Waals surface area contributed by atoms with Gasteiger partial charge in [0, 0.05) is 23.3 Å². The van der Waals surface area contributed by atoms with Crippen molar-refractivity contribution < 1.29 is 4.79 Å². The Balaban J connectivity index is 2.10. The van der Waals surface area contributed by atoms with Crippen LogP contribution in [0, 0.1) is 5.92 Å². The zero-order valence-corrected chi connectivity index (χ0v) is 10.8. The number of carbonyl (C=O) groups excluding carboxylic acids is 1. The number of amides is 1. The van der Waals surface area contributed by atoms with Crippen LogP contribution in [-0.2, 0) is 0 Å². The first-order chi connectivity index (χ1) is 7.24. The van der Waals surface area contributed by atoms with Crippen molar-refractivity contribution >= 4 is 33.4 Å². The molecular formula is C9H12BrN3OS. The fraction of sp³-hybridized carbons (Fsp3) is 0.667. The first-order valence-electron chi connectivity index (χ1n) is 4.88. The highest BCUT2D eigenvalue weighted by Crippen LogP contribution is 2.26. The fourth-order valence-electron chi connectivity index (χ4n) is 1.90. The molecule has 0 saturated carbocycles. The molecule has 15 heavy (non-hydrogen) atoms. The van der Waals surface area contributed by atoms with Crippen LogP contribution in [0.2, 0.25) is 0 Å². The third-order valence-corrected chi connectivity index (χ3v) is 4.29. The van der Waals surface area contributed by atoms with Gasteiger partial charge in [-0.2, -0.15) is 0 Å². The molecular weight excluding hydrogens is 278 g/mol. The van der Waals surface area contributed by atoms with E-state index in [2.05, 4.69) is 32.4 Å². The topological polar surface area (TPSA) is 46.1 Å². The molecule has 0 radical (unpaired) electrons. The van der Waals surface area contributed by atoms with Crippen LogP contribution in [0.3, 0.4) is 0 Å². The van der Waals surface area contributed by atoms with Gasteiger partial charge in [-0.3, -0.25) is 4.79 Å². The molecule has 0 spiro atoms. The highest BCUT2D eigenvalue weighted by atomic mass is 79.9. The van der Waals surface area contributed by atoms with E-state index in [1.807, 2.05) is 4.90 Å². The normalized spacial score (nSPS) is 25.9. The maximum atomic E-state index is 12.0. The van der Waals surface area contributed by atoms with E-state index in [0.717, 1.165) is 18.3 Å². The number of halogens is 1. The van der Waals surface area contributed by atoms with Crippen LogP contribution >= 0.6 is 27.5 Å². The van der Waals surface area contributed by atoms with E-state index in [4.69, 9.17) is 0 Å². The Morgan fingerprint density at radius 1 is 1.80 bits per heavy atom. The van der Waals surface area contributed by atoms with Crippen LogP contribution in [0.5, 0.6) is 0 Å². The highest BCUT2D eigenvalue weighted by molar-refractivity contribution is 9.09. The van der Waals surface area contributed by atoms with E-state index in [0.29, 0.717) is 17.7 Å². The predicted molar refractivity (Wildman–Crippen MR) is 62.3 cm³/mol. The smallest absolute Gasteiger partial charge is 0.275 e. The number of aromatic nitrogens is 2. The number of nitrogens with zero attached hydrogens (tertiary/aromatic N) is 3.